The van der Waals surface area contributed by atoms with Gasteiger partial charge >= 0.3 is 0 Å². The van der Waals surface area contributed by atoms with Gasteiger partial charge in [0.05, 0.1) is 39.1 Å². The third-order valence-corrected chi connectivity index (χ3v) is 6.72. The number of β-amino-alcohol motifs (C(OH)–C–C–N with tert-alkyl or cyclic N) is 1. The van der Waals surface area contributed by atoms with Crippen LogP contribution in [0.15, 0.2) is 4.99 Å². The van der Waals surface area contributed by atoms with E-state index in [2.05, 4.69) is 49.4 Å². The summed E-state index contributed by atoms with van der Waals surface area (Å²) in [5, 5.41) is 10.4. The molecule has 0 aliphatic carbocycles. The molecule has 1 N–H and O–H groups in total. The van der Waals surface area contributed by atoms with Crippen molar-refractivity contribution in [1.82, 2.24) is 9.80 Å². The highest BCUT2D eigenvalue weighted by molar-refractivity contribution is 5.83. The molecule has 182 valence electrons. The fourth-order valence-corrected chi connectivity index (χ4v) is 3.59. The Bertz CT molecular complexity index is 519. The molecule has 3 unspecified atom stereocenters. The van der Waals surface area contributed by atoms with Crippen molar-refractivity contribution >= 4 is 5.71 Å². The van der Waals surface area contributed by atoms with Crippen molar-refractivity contribution in [2.45, 2.75) is 59.7 Å². The first-order chi connectivity index (χ1) is 14.8. The summed E-state index contributed by atoms with van der Waals surface area (Å²) in [6.45, 7) is 21.0. The van der Waals surface area contributed by atoms with Gasteiger partial charge in [0.1, 0.15) is 6.10 Å². The van der Waals surface area contributed by atoms with Crippen molar-refractivity contribution in [1.29, 1.82) is 0 Å². The van der Waals surface area contributed by atoms with E-state index in [-0.39, 0.29) is 5.41 Å². The van der Waals surface area contributed by atoms with Gasteiger partial charge in [-0.15, -0.1) is 0 Å². The van der Waals surface area contributed by atoms with Gasteiger partial charge in [-0.2, -0.15) is 0 Å². The second kappa shape index (κ2) is 13.9. The van der Waals surface area contributed by atoms with Crippen molar-refractivity contribution < 1.29 is 19.3 Å². The number of hydrogen-bond acceptors (Lipinski definition) is 7. The number of ether oxygens (including phenoxy) is 3. The maximum absolute atomic E-state index is 10.4. The largest absolute Gasteiger partial charge is 0.389 e. The molecule has 2 saturated heterocycles. The summed E-state index contributed by atoms with van der Waals surface area (Å²) < 4.78 is 16.8. The molecule has 0 amide bonds. The molecule has 0 aromatic heterocycles. The zero-order valence-corrected chi connectivity index (χ0v) is 20.6. The quantitative estimate of drug-likeness (QED) is 0.225. The molecule has 2 aliphatic rings. The molecule has 7 nitrogen and oxygen atoms in total. The molecule has 0 aromatic carbocycles. The molecule has 0 radical (unpaired) electrons. The van der Waals surface area contributed by atoms with Crippen LogP contribution in [-0.4, -0.2) is 112 Å². The fourth-order valence-electron chi connectivity index (χ4n) is 3.59. The Morgan fingerprint density at radius 3 is 2.48 bits per heavy atom. The molecular formula is C24H47N3O4. The number of piperazine rings is 1. The lowest BCUT2D eigenvalue weighted by Crippen LogP contribution is -2.49. The summed E-state index contributed by atoms with van der Waals surface area (Å²) in [6, 6.07) is 0. The Kier molecular flexibility index (Phi) is 11.9. The van der Waals surface area contributed by atoms with Crippen LogP contribution >= 0.6 is 0 Å². The lowest BCUT2D eigenvalue weighted by atomic mass is 9.85. The third-order valence-electron chi connectivity index (χ3n) is 6.72. The number of hydrogen-bond donors (Lipinski definition) is 1. The maximum atomic E-state index is 10.4. The van der Waals surface area contributed by atoms with Crippen molar-refractivity contribution in [2.24, 2.45) is 16.3 Å². The average molecular weight is 442 g/mol. The lowest BCUT2D eigenvalue weighted by Gasteiger charge is -2.35. The molecule has 0 spiro atoms. The summed E-state index contributed by atoms with van der Waals surface area (Å²) in [6.07, 6.45) is 1.89. The van der Waals surface area contributed by atoms with Crippen LogP contribution in [0.5, 0.6) is 0 Å². The van der Waals surface area contributed by atoms with Gasteiger partial charge in [0, 0.05) is 51.6 Å². The van der Waals surface area contributed by atoms with Crippen molar-refractivity contribution in [2.75, 3.05) is 78.8 Å². The first-order valence-electron chi connectivity index (χ1n) is 12.2. The Hall–Kier alpha value is -0.570. The van der Waals surface area contributed by atoms with E-state index in [9.17, 15) is 5.11 Å². The van der Waals surface area contributed by atoms with E-state index >= 15 is 0 Å². The van der Waals surface area contributed by atoms with Crippen LogP contribution in [0.3, 0.4) is 0 Å². The van der Waals surface area contributed by atoms with E-state index in [4.69, 9.17) is 14.2 Å². The minimum atomic E-state index is -0.436. The minimum absolute atomic E-state index is 0.0894. The van der Waals surface area contributed by atoms with Crippen LogP contribution in [0.25, 0.3) is 0 Å². The number of nitrogens with zero attached hydrogens (tertiary/aromatic N) is 3. The molecule has 0 aromatic rings. The number of rotatable bonds is 16. The third kappa shape index (κ3) is 11.2. The zero-order valence-electron chi connectivity index (χ0n) is 20.6. The van der Waals surface area contributed by atoms with E-state index in [1.165, 1.54) is 5.71 Å². The highest BCUT2D eigenvalue weighted by Crippen LogP contribution is 2.26. The predicted molar refractivity (Wildman–Crippen MR) is 126 cm³/mol. The average Bonchev–Trinajstić information content (AvgIpc) is 3.57. The molecule has 2 aliphatic heterocycles. The standard InChI is InChI=1S/C24H47N3O4/c1-6-24(5,7-14-29-17-23-18-31-23)19-30-16-22(28)15-27-12-10-26(11-13-27)9-8-25-21(4)20(2)3/h20,22-23,28H,6-19H2,1-5H3. The van der Waals surface area contributed by atoms with Gasteiger partial charge in [-0.25, -0.2) is 0 Å². The SMILES string of the molecule is CCC(C)(CCOCC1CO1)COCC(O)CN1CCN(CCN=C(C)C(C)C)CC1. The van der Waals surface area contributed by atoms with Gasteiger partial charge in [-0.1, -0.05) is 27.7 Å². The summed E-state index contributed by atoms with van der Waals surface area (Å²) in [5.41, 5.74) is 1.33. The van der Waals surface area contributed by atoms with Gasteiger partial charge in [-0.3, -0.25) is 14.8 Å². The molecule has 2 heterocycles. The van der Waals surface area contributed by atoms with Crippen LogP contribution < -0.4 is 0 Å². The molecule has 3 atom stereocenters. The van der Waals surface area contributed by atoms with E-state index in [1.807, 2.05) is 0 Å². The number of aliphatic hydroxyl groups excluding tert-OH is 1. The molecule has 31 heavy (non-hydrogen) atoms. The molecule has 2 rings (SSSR count). The second-order valence-electron chi connectivity index (χ2n) is 9.93. The highest BCUT2D eigenvalue weighted by Gasteiger charge is 2.26. The molecule has 7 heteroatoms. The van der Waals surface area contributed by atoms with Gasteiger partial charge < -0.3 is 19.3 Å². The second-order valence-corrected chi connectivity index (χ2v) is 9.93. The first-order valence-corrected chi connectivity index (χ1v) is 12.2. The molecule has 0 bridgehead atoms. The summed E-state index contributed by atoms with van der Waals surface area (Å²) >= 11 is 0. The van der Waals surface area contributed by atoms with Gasteiger partial charge in [0.15, 0.2) is 0 Å². The van der Waals surface area contributed by atoms with Crippen molar-refractivity contribution in [3.63, 3.8) is 0 Å². The predicted octanol–water partition coefficient (Wildman–Crippen LogP) is 2.32. The smallest absolute Gasteiger partial charge is 0.104 e. The van der Waals surface area contributed by atoms with E-state index in [0.717, 1.165) is 65.3 Å². The molecular weight excluding hydrogens is 394 g/mol. The van der Waals surface area contributed by atoms with Gasteiger partial charge in [0.25, 0.3) is 0 Å². The summed E-state index contributed by atoms with van der Waals surface area (Å²) in [5.74, 6) is 0.534. The van der Waals surface area contributed by atoms with E-state index < -0.39 is 6.10 Å². The number of aliphatic imine (C=N–C) groups is 1. The van der Waals surface area contributed by atoms with Crippen molar-refractivity contribution in [3.8, 4) is 0 Å². The molecule has 2 fully saturated rings. The summed E-state index contributed by atoms with van der Waals surface area (Å²) in [7, 11) is 0. The van der Waals surface area contributed by atoms with E-state index in [1.54, 1.807) is 0 Å². The van der Waals surface area contributed by atoms with Gasteiger partial charge in [-0.05, 0) is 31.1 Å². The minimum Gasteiger partial charge on any atom is -0.389 e. The van der Waals surface area contributed by atoms with Crippen LogP contribution in [0, 0.1) is 11.3 Å². The van der Waals surface area contributed by atoms with Gasteiger partial charge in [0.2, 0.25) is 0 Å². The van der Waals surface area contributed by atoms with Crippen LogP contribution in [0.2, 0.25) is 0 Å². The lowest BCUT2D eigenvalue weighted by molar-refractivity contribution is -0.0289. The van der Waals surface area contributed by atoms with Crippen LogP contribution in [-0.2, 0) is 14.2 Å². The Morgan fingerprint density at radius 1 is 1.19 bits per heavy atom. The van der Waals surface area contributed by atoms with E-state index in [0.29, 0.717) is 38.4 Å². The Labute approximate surface area is 190 Å². The van der Waals surface area contributed by atoms with Crippen LogP contribution in [0.1, 0.15) is 47.5 Å². The number of aliphatic hydroxyl groups is 1. The topological polar surface area (TPSA) is 70.1 Å². The Balaban J connectivity index is 1.54. The fraction of sp³-hybridized carbons (Fsp3) is 0.958. The van der Waals surface area contributed by atoms with Crippen LogP contribution in [0.4, 0.5) is 0 Å². The maximum Gasteiger partial charge on any atom is 0.104 e. The number of epoxide rings is 1. The monoisotopic (exact) mass is 441 g/mol. The molecule has 0 saturated carbocycles. The zero-order chi connectivity index (χ0) is 22.7. The summed E-state index contributed by atoms with van der Waals surface area (Å²) in [4.78, 5) is 9.49. The normalized spacial score (nSPS) is 23.8. The Morgan fingerprint density at radius 2 is 1.87 bits per heavy atom. The first kappa shape index (κ1) is 26.7. The highest BCUT2D eigenvalue weighted by atomic mass is 16.6. The van der Waals surface area contributed by atoms with Crippen molar-refractivity contribution in [3.05, 3.63) is 0 Å².